The minimum Gasteiger partial charge on any atom is -0.390 e. The van der Waals surface area contributed by atoms with Crippen LogP contribution in [0.1, 0.15) is 18.1 Å². The van der Waals surface area contributed by atoms with Crippen LogP contribution in [0, 0.1) is 0 Å². The number of hydrogen-bond donors (Lipinski definition) is 5. The van der Waals surface area contributed by atoms with Gasteiger partial charge in [-0.25, -0.2) is 0 Å². The van der Waals surface area contributed by atoms with Gasteiger partial charge in [-0.3, -0.25) is 4.79 Å². The number of amides is 1. The summed E-state index contributed by atoms with van der Waals surface area (Å²) in [6.07, 6.45) is -2.87. The minimum absolute atomic E-state index is 0.0408. The van der Waals surface area contributed by atoms with Crippen LogP contribution in [0.25, 0.3) is 0 Å². The Labute approximate surface area is 110 Å². The van der Waals surface area contributed by atoms with Gasteiger partial charge >= 0.3 is 0 Å². The molecule has 0 saturated heterocycles. The van der Waals surface area contributed by atoms with Gasteiger partial charge in [0.05, 0.1) is 12.5 Å². The molecule has 0 heterocycles. The average Bonchev–Trinajstić information content (AvgIpc) is 2.27. The molecule has 18 heavy (non-hydrogen) atoms. The van der Waals surface area contributed by atoms with E-state index in [0.29, 0.717) is 11.3 Å². The van der Waals surface area contributed by atoms with Crippen molar-refractivity contribution in [3.63, 3.8) is 0 Å². The van der Waals surface area contributed by atoms with Crippen molar-refractivity contribution in [2.45, 2.75) is 18.6 Å². The van der Waals surface area contributed by atoms with Gasteiger partial charge in [-0.05, 0) is 18.3 Å². The summed E-state index contributed by atoms with van der Waals surface area (Å²) in [4.78, 5) is 10.7. The maximum absolute atomic E-state index is 10.7. The molecule has 0 saturated carbocycles. The summed E-state index contributed by atoms with van der Waals surface area (Å²) in [5.41, 5.74) is 11.2. The van der Waals surface area contributed by atoms with Crippen LogP contribution in [0.2, 0.25) is 0 Å². The van der Waals surface area contributed by atoms with Crippen LogP contribution in [0.15, 0.2) is 24.3 Å². The molecule has 0 aliphatic carbocycles. The van der Waals surface area contributed by atoms with Crippen molar-refractivity contribution in [2.24, 2.45) is 11.5 Å². The van der Waals surface area contributed by atoms with Gasteiger partial charge in [0, 0.05) is 11.3 Å². The van der Waals surface area contributed by atoms with Gasteiger partial charge < -0.3 is 27.0 Å². The molecule has 2 atom stereocenters. The highest BCUT2D eigenvalue weighted by Crippen LogP contribution is 2.26. The SMILES string of the molecule is NC(=O)CC(O)C(O)c1ccccc1NC(N)=S. The Kier molecular flexibility index (Phi) is 5.02. The molecule has 1 rings (SSSR count). The number of primary amides is 1. The number of benzene rings is 1. The van der Waals surface area contributed by atoms with E-state index in [1.807, 2.05) is 0 Å². The predicted octanol–water partition coefficient (Wildman–Crippen LogP) is -0.388. The summed E-state index contributed by atoms with van der Waals surface area (Å²) >= 11 is 4.71. The zero-order chi connectivity index (χ0) is 13.7. The van der Waals surface area contributed by atoms with Crippen molar-refractivity contribution in [1.29, 1.82) is 0 Å². The van der Waals surface area contributed by atoms with Crippen molar-refractivity contribution in [3.05, 3.63) is 29.8 Å². The molecule has 1 aromatic rings. The fourth-order valence-corrected chi connectivity index (χ4v) is 1.64. The monoisotopic (exact) mass is 269 g/mol. The number of nitrogens with one attached hydrogen (secondary N) is 1. The second kappa shape index (κ2) is 6.29. The van der Waals surface area contributed by atoms with E-state index in [1.165, 1.54) is 0 Å². The first-order chi connectivity index (χ1) is 8.41. The van der Waals surface area contributed by atoms with Gasteiger partial charge in [-0.1, -0.05) is 18.2 Å². The largest absolute Gasteiger partial charge is 0.390 e. The predicted molar refractivity (Wildman–Crippen MR) is 71.6 cm³/mol. The first-order valence-electron chi connectivity index (χ1n) is 5.21. The number of aliphatic hydroxyl groups is 2. The molecule has 0 fully saturated rings. The first-order valence-corrected chi connectivity index (χ1v) is 5.62. The van der Waals surface area contributed by atoms with E-state index in [0.717, 1.165) is 0 Å². The number of rotatable bonds is 5. The van der Waals surface area contributed by atoms with Crippen LogP contribution in [-0.4, -0.2) is 27.3 Å². The molecule has 7 heteroatoms. The van der Waals surface area contributed by atoms with Crippen molar-refractivity contribution in [2.75, 3.05) is 5.32 Å². The van der Waals surface area contributed by atoms with E-state index < -0.39 is 18.1 Å². The lowest BCUT2D eigenvalue weighted by Crippen LogP contribution is -2.27. The summed E-state index contributed by atoms with van der Waals surface area (Å²) in [7, 11) is 0. The van der Waals surface area contributed by atoms with Crippen molar-refractivity contribution in [1.82, 2.24) is 0 Å². The fourth-order valence-electron chi connectivity index (χ4n) is 1.53. The molecule has 7 N–H and O–H groups in total. The van der Waals surface area contributed by atoms with Crippen LogP contribution in [-0.2, 0) is 4.79 Å². The maximum atomic E-state index is 10.7. The molecular weight excluding hydrogens is 254 g/mol. The summed E-state index contributed by atoms with van der Waals surface area (Å²) in [5, 5.41) is 22.3. The zero-order valence-electron chi connectivity index (χ0n) is 9.54. The van der Waals surface area contributed by atoms with Crippen LogP contribution in [0.3, 0.4) is 0 Å². The molecule has 98 valence electrons. The fraction of sp³-hybridized carbons (Fsp3) is 0.273. The summed E-state index contributed by atoms with van der Waals surface area (Å²) in [6, 6.07) is 6.64. The summed E-state index contributed by atoms with van der Waals surface area (Å²) in [5.74, 6) is -0.693. The molecular formula is C11H15N3O3S. The van der Waals surface area contributed by atoms with Gasteiger partial charge in [-0.2, -0.15) is 0 Å². The van der Waals surface area contributed by atoms with E-state index >= 15 is 0 Å². The lowest BCUT2D eigenvalue weighted by Gasteiger charge is -2.20. The lowest BCUT2D eigenvalue weighted by molar-refractivity contribution is -0.121. The van der Waals surface area contributed by atoms with E-state index in [2.05, 4.69) is 5.32 Å². The molecule has 1 aromatic carbocycles. The van der Waals surface area contributed by atoms with Gasteiger partial charge in [0.15, 0.2) is 5.11 Å². The lowest BCUT2D eigenvalue weighted by atomic mass is 10.00. The molecule has 6 nitrogen and oxygen atoms in total. The third-order valence-electron chi connectivity index (χ3n) is 2.31. The Morgan fingerprint density at radius 2 is 1.94 bits per heavy atom. The number of carbonyl (C=O) groups is 1. The second-order valence-electron chi connectivity index (χ2n) is 3.76. The molecule has 0 bridgehead atoms. The van der Waals surface area contributed by atoms with Gasteiger partial charge in [0.2, 0.25) is 5.91 Å². The maximum Gasteiger partial charge on any atom is 0.220 e. The Hall–Kier alpha value is -1.70. The highest BCUT2D eigenvalue weighted by atomic mass is 32.1. The van der Waals surface area contributed by atoms with Crippen molar-refractivity contribution >= 4 is 28.9 Å². The molecule has 0 aliphatic heterocycles. The van der Waals surface area contributed by atoms with Gasteiger partial charge in [0.1, 0.15) is 6.10 Å². The highest BCUT2D eigenvalue weighted by molar-refractivity contribution is 7.80. The van der Waals surface area contributed by atoms with Gasteiger partial charge in [0.25, 0.3) is 0 Å². The van der Waals surface area contributed by atoms with E-state index in [9.17, 15) is 15.0 Å². The number of aliphatic hydroxyl groups excluding tert-OH is 2. The van der Waals surface area contributed by atoms with Crippen LogP contribution >= 0.6 is 12.2 Å². The van der Waals surface area contributed by atoms with Crippen LogP contribution in [0.5, 0.6) is 0 Å². The smallest absolute Gasteiger partial charge is 0.220 e. The molecule has 0 spiro atoms. The second-order valence-corrected chi connectivity index (χ2v) is 4.20. The standard InChI is InChI=1S/C11H15N3O3S/c12-9(16)5-8(15)10(17)6-3-1-2-4-7(6)14-11(13)18/h1-4,8,10,15,17H,5H2,(H2,12,16)(H3,13,14,18). The first kappa shape index (κ1) is 14.4. The van der Waals surface area contributed by atoms with E-state index in [1.54, 1.807) is 24.3 Å². The van der Waals surface area contributed by atoms with E-state index in [4.69, 9.17) is 23.7 Å². The van der Waals surface area contributed by atoms with Crippen molar-refractivity contribution in [3.8, 4) is 0 Å². The number of hydrogen-bond acceptors (Lipinski definition) is 4. The Balaban J connectivity index is 2.93. The Morgan fingerprint density at radius 1 is 1.33 bits per heavy atom. The quantitative estimate of drug-likeness (QED) is 0.464. The number of nitrogens with two attached hydrogens (primary N) is 2. The zero-order valence-corrected chi connectivity index (χ0v) is 10.4. The Morgan fingerprint density at radius 3 is 2.50 bits per heavy atom. The molecule has 0 radical (unpaired) electrons. The molecule has 0 aromatic heterocycles. The Bertz CT molecular complexity index is 453. The topological polar surface area (TPSA) is 122 Å². The minimum atomic E-state index is -1.28. The number of thiocarbonyl (C=S) groups is 1. The van der Waals surface area contributed by atoms with E-state index in [-0.39, 0.29) is 11.5 Å². The number of anilines is 1. The normalized spacial score (nSPS) is 13.7. The van der Waals surface area contributed by atoms with Crippen molar-refractivity contribution < 1.29 is 15.0 Å². The number of para-hydroxylation sites is 1. The number of carbonyl (C=O) groups excluding carboxylic acids is 1. The highest BCUT2D eigenvalue weighted by Gasteiger charge is 2.22. The molecule has 2 unspecified atom stereocenters. The summed E-state index contributed by atoms with van der Waals surface area (Å²) in [6.45, 7) is 0. The molecule has 1 amide bonds. The third kappa shape index (κ3) is 3.95. The summed E-state index contributed by atoms with van der Waals surface area (Å²) < 4.78 is 0. The third-order valence-corrected chi connectivity index (χ3v) is 2.41. The van der Waals surface area contributed by atoms with Crippen LogP contribution < -0.4 is 16.8 Å². The average molecular weight is 269 g/mol. The van der Waals surface area contributed by atoms with Gasteiger partial charge in [-0.15, -0.1) is 0 Å². The van der Waals surface area contributed by atoms with Crippen LogP contribution in [0.4, 0.5) is 5.69 Å². The molecule has 0 aliphatic rings.